The summed E-state index contributed by atoms with van der Waals surface area (Å²) >= 11 is 1.71. The fourth-order valence-electron chi connectivity index (χ4n) is 2.46. The standard InChI is InChI=1S/C14H21N5OS/c1-11(2)13-16-12(17-20-13)10-18-5-3-6-19(8-7-18)14-15-4-9-21-14/h4,9,11H,3,5-8,10H2,1-2H3. The molecule has 0 radical (unpaired) electrons. The van der Waals surface area contributed by atoms with E-state index < -0.39 is 0 Å². The van der Waals surface area contributed by atoms with Gasteiger partial charge in [-0.1, -0.05) is 19.0 Å². The van der Waals surface area contributed by atoms with Crippen LogP contribution in [0.1, 0.15) is 37.9 Å². The zero-order valence-corrected chi connectivity index (χ0v) is 13.3. The largest absolute Gasteiger partial charge is 0.347 e. The fourth-order valence-corrected chi connectivity index (χ4v) is 3.16. The summed E-state index contributed by atoms with van der Waals surface area (Å²) in [5.74, 6) is 1.81. The van der Waals surface area contributed by atoms with Crippen LogP contribution in [0.25, 0.3) is 0 Å². The lowest BCUT2D eigenvalue weighted by Crippen LogP contribution is -2.30. The summed E-state index contributed by atoms with van der Waals surface area (Å²) in [6, 6.07) is 0. The Morgan fingerprint density at radius 2 is 2.19 bits per heavy atom. The van der Waals surface area contributed by atoms with Crippen LogP contribution in [0.3, 0.4) is 0 Å². The Hall–Kier alpha value is -1.47. The van der Waals surface area contributed by atoms with Crippen LogP contribution < -0.4 is 4.90 Å². The maximum atomic E-state index is 5.27. The highest BCUT2D eigenvalue weighted by molar-refractivity contribution is 7.13. The van der Waals surface area contributed by atoms with Gasteiger partial charge in [-0.05, 0) is 6.42 Å². The van der Waals surface area contributed by atoms with E-state index in [9.17, 15) is 0 Å². The Morgan fingerprint density at radius 3 is 2.90 bits per heavy atom. The molecule has 1 aliphatic rings. The number of nitrogens with zero attached hydrogens (tertiary/aromatic N) is 5. The van der Waals surface area contributed by atoms with Gasteiger partial charge in [0.25, 0.3) is 0 Å². The van der Waals surface area contributed by atoms with E-state index in [1.165, 1.54) is 0 Å². The van der Waals surface area contributed by atoms with Crippen molar-refractivity contribution in [3.8, 4) is 0 Å². The first kappa shape index (κ1) is 14.5. The van der Waals surface area contributed by atoms with Gasteiger partial charge in [0.1, 0.15) is 0 Å². The van der Waals surface area contributed by atoms with Crippen molar-refractivity contribution in [1.29, 1.82) is 0 Å². The predicted molar refractivity (Wildman–Crippen MR) is 82.6 cm³/mol. The van der Waals surface area contributed by atoms with Gasteiger partial charge in [0.05, 0.1) is 6.54 Å². The third-order valence-corrected chi connectivity index (χ3v) is 4.45. The Bertz CT molecular complexity index is 553. The lowest BCUT2D eigenvalue weighted by molar-refractivity contribution is 0.271. The Balaban J connectivity index is 1.57. The maximum absolute atomic E-state index is 5.27. The summed E-state index contributed by atoms with van der Waals surface area (Å²) in [6.07, 6.45) is 3.00. The molecule has 0 aliphatic carbocycles. The van der Waals surface area contributed by atoms with Crippen LogP contribution in [0, 0.1) is 0 Å². The number of hydrogen-bond donors (Lipinski definition) is 0. The Kier molecular flexibility index (Phi) is 4.50. The minimum Gasteiger partial charge on any atom is -0.347 e. The summed E-state index contributed by atoms with van der Waals surface area (Å²) in [5.41, 5.74) is 0. The van der Waals surface area contributed by atoms with Crippen LogP contribution in [-0.4, -0.2) is 46.2 Å². The molecule has 0 N–H and O–H groups in total. The minimum absolute atomic E-state index is 0.288. The molecule has 21 heavy (non-hydrogen) atoms. The van der Waals surface area contributed by atoms with Crippen LogP contribution in [-0.2, 0) is 6.54 Å². The van der Waals surface area contributed by atoms with Gasteiger partial charge in [0, 0.05) is 43.7 Å². The van der Waals surface area contributed by atoms with Crippen LogP contribution >= 0.6 is 11.3 Å². The number of aromatic nitrogens is 3. The average Bonchev–Trinajstić information content (AvgIpc) is 3.09. The molecular formula is C14H21N5OS. The van der Waals surface area contributed by atoms with Gasteiger partial charge in [0.15, 0.2) is 11.0 Å². The first-order chi connectivity index (χ1) is 10.2. The molecule has 1 saturated heterocycles. The molecule has 1 aliphatic heterocycles. The van der Waals surface area contributed by atoms with Gasteiger partial charge < -0.3 is 9.42 Å². The van der Waals surface area contributed by atoms with Gasteiger partial charge in [-0.2, -0.15) is 4.98 Å². The quantitative estimate of drug-likeness (QED) is 0.864. The molecule has 1 fully saturated rings. The molecule has 0 unspecified atom stereocenters. The summed E-state index contributed by atoms with van der Waals surface area (Å²) in [5, 5.41) is 7.24. The molecule has 0 spiro atoms. The number of rotatable bonds is 4. The average molecular weight is 307 g/mol. The highest BCUT2D eigenvalue weighted by Crippen LogP contribution is 2.19. The van der Waals surface area contributed by atoms with Crippen molar-refractivity contribution >= 4 is 16.5 Å². The highest BCUT2D eigenvalue weighted by Gasteiger charge is 2.19. The normalized spacial score (nSPS) is 17.4. The van der Waals surface area contributed by atoms with E-state index in [1.807, 2.05) is 11.6 Å². The molecule has 0 atom stereocenters. The number of hydrogen-bond acceptors (Lipinski definition) is 7. The predicted octanol–water partition coefficient (Wildman–Crippen LogP) is 2.36. The van der Waals surface area contributed by atoms with Gasteiger partial charge >= 0.3 is 0 Å². The molecule has 0 aromatic carbocycles. The van der Waals surface area contributed by atoms with E-state index in [2.05, 4.69) is 38.8 Å². The molecular weight excluding hydrogens is 286 g/mol. The summed E-state index contributed by atoms with van der Waals surface area (Å²) in [6.45, 7) is 9.03. The van der Waals surface area contributed by atoms with E-state index in [0.717, 1.165) is 56.0 Å². The molecule has 6 nitrogen and oxygen atoms in total. The number of thiazole rings is 1. The van der Waals surface area contributed by atoms with E-state index in [1.54, 1.807) is 11.3 Å². The zero-order valence-electron chi connectivity index (χ0n) is 12.5. The van der Waals surface area contributed by atoms with Crippen LogP contribution in [0.15, 0.2) is 16.1 Å². The van der Waals surface area contributed by atoms with Crippen LogP contribution in [0.2, 0.25) is 0 Å². The van der Waals surface area contributed by atoms with Crippen molar-refractivity contribution in [2.24, 2.45) is 0 Å². The first-order valence-corrected chi connectivity index (χ1v) is 8.29. The van der Waals surface area contributed by atoms with Crippen molar-refractivity contribution in [2.75, 3.05) is 31.1 Å². The molecule has 7 heteroatoms. The lowest BCUT2D eigenvalue weighted by atomic mass is 10.2. The SMILES string of the molecule is CC(C)c1nc(CN2CCCN(c3nccs3)CC2)no1. The van der Waals surface area contributed by atoms with Crippen LogP contribution in [0.5, 0.6) is 0 Å². The van der Waals surface area contributed by atoms with Crippen molar-refractivity contribution in [1.82, 2.24) is 20.0 Å². The Labute approximate surface area is 128 Å². The van der Waals surface area contributed by atoms with Gasteiger partial charge in [0.2, 0.25) is 5.89 Å². The second-order valence-corrected chi connectivity index (χ2v) is 6.51. The van der Waals surface area contributed by atoms with Gasteiger partial charge in [-0.3, -0.25) is 4.90 Å². The molecule has 0 amide bonds. The molecule has 114 valence electrons. The molecule has 0 bridgehead atoms. The second kappa shape index (κ2) is 6.53. The maximum Gasteiger partial charge on any atom is 0.229 e. The highest BCUT2D eigenvalue weighted by atomic mass is 32.1. The van der Waals surface area contributed by atoms with Crippen molar-refractivity contribution in [3.05, 3.63) is 23.3 Å². The molecule has 0 saturated carbocycles. The van der Waals surface area contributed by atoms with E-state index in [4.69, 9.17) is 4.52 Å². The molecule has 2 aromatic rings. The molecule has 3 rings (SSSR count). The van der Waals surface area contributed by atoms with Gasteiger partial charge in [-0.15, -0.1) is 11.3 Å². The minimum atomic E-state index is 0.288. The van der Waals surface area contributed by atoms with E-state index >= 15 is 0 Å². The van der Waals surface area contributed by atoms with E-state index in [-0.39, 0.29) is 5.92 Å². The smallest absolute Gasteiger partial charge is 0.229 e. The topological polar surface area (TPSA) is 58.3 Å². The third-order valence-electron chi connectivity index (χ3n) is 3.62. The molecule has 3 heterocycles. The Morgan fingerprint density at radius 1 is 1.29 bits per heavy atom. The summed E-state index contributed by atoms with van der Waals surface area (Å²) in [4.78, 5) is 13.6. The lowest BCUT2D eigenvalue weighted by Gasteiger charge is -2.20. The van der Waals surface area contributed by atoms with Gasteiger partial charge in [-0.25, -0.2) is 4.98 Å². The van der Waals surface area contributed by atoms with Crippen molar-refractivity contribution in [2.45, 2.75) is 32.7 Å². The van der Waals surface area contributed by atoms with E-state index in [0.29, 0.717) is 0 Å². The number of anilines is 1. The summed E-state index contributed by atoms with van der Waals surface area (Å²) < 4.78 is 5.27. The first-order valence-electron chi connectivity index (χ1n) is 7.41. The van der Waals surface area contributed by atoms with Crippen molar-refractivity contribution < 1.29 is 4.52 Å². The fraction of sp³-hybridized carbons (Fsp3) is 0.643. The summed E-state index contributed by atoms with van der Waals surface area (Å²) in [7, 11) is 0. The molecule has 2 aromatic heterocycles. The third kappa shape index (κ3) is 3.59. The second-order valence-electron chi connectivity index (χ2n) is 5.63. The van der Waals surface area contributed by atoms with Crippen molar-refractivity contribution in [3.63, 3.8) is 0 Å². The monoisotopic (exact) mass is 307 g/mol. The zero-order chi connectivity index (χ0) is 14.7. The van der Waals surface area contributed by atoms with Crippen LogP contribution in [0.4, 0.5) is 5.13 Å².